The topological polar surface area (TPSA) is 0 Å². The molecule has 0 saturated carbocycles. The van der Waals surface area contributed by atoms with Gasteiger partial charge >= 0.3 is 0 Å². The van der Waals surface area contributed by atoms with Crippen LogP contribution in [0, 0.1) is 0 Å². The molecule has 0 nitrogen and oxygen atoms in total. The summed E-state index contributed by atoms with van der Waals surface area (Å²) in [6.07, 6.45) is 6.78. The molecule has 0 N–H and O–H groups in total. The fourth-order valence-corrected chi connectivity index (χ4v) is 2.68. The van der Waals surface area contributed by atoms with Gasteiger partial charge in [0.25, 0.3) is 0 Å². The Bertz CT molecular complexity index is 530. The highest BCUT2D eigenvalue weighted by Gasteiger charge is 2.07. The summed E-state index contributed by atoms with van der Waals surface area (Å²) in [5.74, 6) is 1.23. The van der Waals surface area contributed by atoms with Gasteiger partial charge < -0.3 is 0 Å². The highest BCUT2D eigenvalue weighted by molar-refractivity contribution is 6.17. The van der Waals surface area contributed by atoms with Gasteiger partial charge in [0.15, 0.2) is 0 Å². The van der Waals surface area contributed by atoms with E-state index in [4.69, 9.17) is 11.6 Å². The number of hydrogen-bond donors (Lipinski definition) is 0. The smallest absolute Gasteiger partial charge is 0.0223 e. The van der Waals surface area contributed by atoms with E-state index in [2.05, 4.69) is 55.1 Å². The van der Waals surface area contributed by atoms with Crippen molar-refractivity contribution in [2.45, 2.75) is 31.6 Å². The Morgan fingerprint density at radius 2 is 1.79 bits per heavy atom. The van der Waals surface area contributed by atoms with Gasteiger partial charge in [-0.3, -0.25) is 0 Å². The van der Waals surface area contributed by atoms with E-state index in [-0.39, 0.29) is 0 Å². The van der Waals surface area contributed by atoms with Crippen molar-refractivity contribution in [3.63, 3.8) is 0 Å². The van der Waals surface area contributed by atoms with E-state index in [1.54, 1.807) is 0 Å². The SMILES string of the molecule is C=C[C@H](CCCCCCl)c1ccc2ccccc2c1. The molecule has 0 spiro atoms. The lowest BCUT2D eigenvalue weighted by atomic mass is 9.92. The molecule has 0 saturated heterocycles. The second-order valence-corrected chi connectivity index (χ2v) is 5.37. The summed E-state index contributed by atoms with van der Waals surface area (Å²) in [5, 5.41) is 2.61. The minimum absolute atomic E-state index is 0.458. The number of allylic oxidation sites excluding steroid dienone is 1. The second-order valence-electron chi connectivity index (χ2n) is 4.99. The van der Waals surface area contributed by atoms with Crippen LogP contribution in [0.3, 0.4) is 0 Å². The predicted octanol–water partition coefficient (Wildman–Crippen LogP) is 5.91. The number of rotatable bonds is 7. The normalized spacial score (nSPS) is 12.5. The van der Waals surface area contributed by atoms with Gasteiger partial charge in [0.2, 0.25) is 0 Å². The molecule has 0 fully saturated rings. The van der Waals surface area contributed by atoms with E-state index in [9.17, 15) is 0 Å². The van der Waals surface area contributed by atoms with Gasteiger partial charge in [-0.1, -0.05) is 61.4 Å². The quantitative estimate of drug-likeness (QED) is 0.334. The van der Waals surface area contributed by atoms with E-state index in [0.717, 1.165) is 12.3 Å². The van der Waals surface area contributed by atoms with Crippen LogP contribution in [0.15, 0.2) is 55.1 Å². The number of benzene rings is 2. The molecule has 19 heavy (non-hydrogen) atoms. The van der Waals surface area contributed by atoms with E-state index >= 15 is 0 Å². The first-order chi connectivity index (χ1) is 9.35. The number of unbranched alkanes of at least 4 members (excludes halogenated alkanes) is 2. The van der Waals surface area contributed by atoms with Crippen molar-refractivity contribution in [1.29, 1.82) is 0 Å². The van der Waals surface area contributed by atoms with Crippen LogP contribution in [-0.4, -0.2) is 5.88 Å². The number of alkyl halides is 1. The highest BCUT2D eigenvalue weighted by Crippen LogP contribution is 2.26. The standard InChI is InChI=1S/C18H21Cl/c1-2-15(8-4-3-7-13-19)18-12-11-16-9-5-6-10-17(16)14-18/h2,5-6,9-12,14-15H,1,3-4,7-8,13H2/t15-/m1/s1. The summed E-state index contributed by atoms with van der Waals surface area (Å²) in [6.45, 7) is 3.99. The first-order valence-electron chi connectivity index (χ1n) is 7.02. The van der Waals surface area contributed by atoms with Crippen LogP contribution in [-0.2, 0) is 0 Å². The first-order valence-corrected chi connectivity index (χ1v) is 7.56. The third-order valence-electron chi connectivity index (χ3n) is 3.63. The summed E-state index contributed by atoms with van der Waals surface area (Å²) < 4.78 is 0. The number of halogens is 1. The maximum Gasteiger partial charge on any atom is 0.0223 e. The molecular weight excluding hydrogens is 252 g/mol. The maximum atomic E-state index is 5.71. The summed E-state index contributed by atoms with van der Waals surface area (Å²) in [7, 11) is 0. The fourth-order valence-electron chi connectivity index (χ4n) is 2.49. The minimum Gasteiger partial charge on any atom is -0.127 e. The van der Waals surface area contributed by atoms with Crippen LogP contribution >= 0.6 is 11.6 Å². The molecule has 0 radical (unpaired) electrons. The first kappa shape index (κ1) is 14.1. The van der Waals surface area contributed by atoms with E-state index in [1.165, 1.54) is 35.6 Å². The number of hydrogen-bond acceptors (Lipinski definition) is 0. The molecule has 0 heterocycles. The lowest BCUT2D eigenvalue weighted by Gasteiger charge is -2.13. The van der Waals surface area contributed by atoms with Crippen molar-refractivity contribution in [1.82, 2.24) is 0 Å². The zero-order valence-electron chi connectivity index (χ0n) is 11.3. The molecule has 2 aromatic rings. The van der Waals surface area contributed by atoms with Gasteiger partial charge in [0, 0.05) is 11.8 Å². The van der Waals surface area contributed by atoms with Crippen LogP contribution in [0.1, 0.15) is 37.2 Å². The van der Waals surface area contributed by atoms with E-state index in [0.29, 0.717) is 5.92 Å². The Kier molecular flexibility index (Phi) is 5.47. The Labute approximate surface area is 121 Å². The largest absolute Gasteiger partial charge is 0.127 e. The van der Waals surface area contributed by atoms with Crippen LogP contribution < -0.4 is 0 Å². The van der Waals surface area contributed by atoms with Crippen LogP contribution in [0.4, 0.5) is 0 Å². The monoisotopic (exact) mass is 272 g/mol. The van der Waals surface area contributed by atoms with Gasteiger partial charge in [-0.05, 0) is 29.2 Å². The highest BCUT2D eigenvalue weighted by atomic mass is 35.5. The van der Waals surface area contributed by atoms with Gasteiger partial charge in [-0.2, -0.15) is 0 Å². The zero-order chi connectivity index (χ0) is 13.5. The molecule has 1 heteroatoms. The van der Waals surface area contributed by atoms with Gasteiger partial charge in [0.05, 0.1) is 0 Å². The molecule has 0 aliphatic rings. The molecule has 0 aromatic heterocycles. The van der Waals surface area contributed by atoms with E-state index < -0.39 is 0 Å². The Morgan fingerprint density at radius 3 is 2.53 bits per heavy atom. The molecule has 2 aromatic carbocycles. The molecule has 2 rings (SSSR count). The van der Waals surface area contributed by atoms with Crippen LogP contribution in [0.5, 0.6) is 0 Å². The molecule has 0 unspecified atom stereocenters. The van der Waals surface area contributed by atoms with Crippen molar-refractivity contribution in [2.75, 3.05) is 5.88 Å². The number of fused-ring (bicyclic) bond motifs is 1. The predicted molar refractivity (Wildman–Crippen MR) is 86.1 cm³/mol. The summed E-state index contributed by atoms with van der Waals surface area (Å²) >= 11 is 5.71. The van der Waals surface area contributed by atoms with Gasteiger partial charge in [-0.15, -0.1) is 18.2 Å². The molecule has 0 aliphatic heterocycles. The summed E-state index contributed by atoms with van der Waals surface area (Å²) in [6, 6.07) is 15.2. The Balaban J connectivity index is 2.09. The third kappa shape index (κ3) is 3.84. The average molecular weight is 273 g/mol. The Hall–Kier alpha value is -1.27. The lowest BCUT2D eigenvalue weighted by Crippen LogP contribution is -1.95. The minimum atomic E-state index is 0.458. The zero-order valence-corrected chi connectivity index (χ0v) is 12.1. The Morgan fingerprint density at radius 1 is 1.00 bits per heavy atom. The van der Waals surface area contributed by atoms with Crippen LogP contribution in [0.25, 0.3) is 10.8 Å². The molecular formula is C18H21Cl. The lowest BCUT2D eigenvalue weighted by molar-refractivity contribution is 0.631. The van der Waals surface area contributed by atoms with Crippen LogP contribution in [0.2, 0.25) is 0 Å². The van der Waals surface area contributed by atoms with Crippen molar-refractivity contribution >= 4 is 22.4 Å². The van der Waals surface area contributed by atoms with Crippen molar-refractivity contribution in [3.8, 4) is 0 Å². The summed E-state index contributed by atoms with van der Waals surface area (Å²) in [5.41, 5.74) is 1.37. The molecule has 0 bridgehead atoms. The molecule has 0 aliphatic carbocycles. The van der Waals surface area contributed by atoms with Crippen molar-refractivity contribution < 1.29 is 0 Å². The van der Waals surface area contributed by atoms with Crippen molar-refractivity contribution in [2.24, 2.45) is 0 Å². The average Bonchev–Trinajstić information content (AvgIpc) is 2.47. The molecule has 1 atom stereocenters. The molecule has 100 valence electrons. The van der Waals surface area contributed by atoms with E-state index in [1.807, 2.05) is 0 Å². The fraction of sp³-hybridized carbons (Fsp3) is 0.333. The van der Waals surface area contributed by atoms with Gasteiger partial charge in [-0.25, -0.2) is 0 Å². The maximum absolute atomic E-state index is 5.71. The molecule has 0 amide bonds. The van der Waals surface area contributed by atoms with Crippen molar-refractivity contribution in [3.05, 3.63) is 60.7 Å². The third-order valence-corrected chi connectivity index (χ3v) is 3.90. The summed E-state index contributed by atoms with van der Waals surface area (Å²) in [4.78, 5) is 0. The van der Waals surface area contributed by atoms with Gasteiger partial charge in [0.1, 0.15) is 0 Å². The second kappa shape index (κ2) is 7.35.